The molecule has 1 rings (SSSR count). The molecule has 1 aliphatic heterocycles. The van der Waals surface area contributed by atoms with Crippen LogP contribution in [0.25, 0.3) is 0 Å². The fourth-order valence-electron chi connectivity index (χ4n) is 1.58. The van der Waals surface area contributed by atoms with E-state index in [1.165, 1.54) is 14.2 Å². The first-order valence-electron chi connectivity index (χ1n) is 4.33. The molecule has 1 fully saturated rings. The minimum Gasteiger partial charge on any atom is -0.394 e. The van der Waals surface area contributed by atoms with Gasteiger partial charge in [-0.05, 0) is 0 Å². The molecule has 6 nitrogen and oxygen atoms in total. The van der Waals surface area contributed by atoms with Crippen LogP contribution in [0, 0.1) is 0 Å². The van der Waals surface area contributed by atoms with Crippen molar-refractivity contribution in [3.8, 4) is 0 Å². The largest absolute Gasteiger partial charge is 0.394 e. The van der Waals surface area contributed by atoms with E-state index in [1.807, 2.05) is 0 Å². The van der Waals surface area contributed by atoms with Crippen LogP contribution < -0.4 is 0 Å². The first-order chi connectivity index (χ1) is 6.65. The van der Waals surface area contributed by atoms with E-state index in [1.54, 1.807) is 0 Å². The molecule has 0 amide bonds. The van der Waals surface area contributed by atoms with Crippen LogP contribution in [0.4, 0.5) is 0 Å². The van der Waals surface area contributed by atoms with Crippen molar-refractivity contribution in [2.75, 3.05) is 20.8 Å². The van der Waals surface area contributed by atoms with Crippen LogP contribution in [0.1, 0.15) is 0 Å². The standard InChI is InChI=1S/C8H16O6/c1-12-6-5(10)4(3-9)14-8(11)7(6)13-2/h4-11H,3H2,1-2H3/t4-,5-,6+,7+,8-/m1/s1. The molecule has 84 valence electrons. The highest BCUT2D eigenvalue weighted by atomic mass is 16.7. The molecule has 5 atom stereocenters. The monoisotopic (exact) mass is 208 g/mol. The zero-order valence-corrected chi connectivity index (χ0v) is 8.16. The first kappa shape index (κ1) is 11.8. The van der Waals surface area contributed by atoms with E-state index in [0.717, 1.165) is 0 Å². The van der Waals surface area contributed by atoms with Crippen LogP contribution in [0.15, 0.2) is 0 Å². The molecule has 14 heavy (non-hydrogen) atoms. The van der Waals surface area contributed by atoms with Crippen LogP contribution in [0.5, 0.6) is 0 Å². The summed E-state index contributed by atoms with van der Waals surface area (Å²) in [5.41, 5.74) is 0. The Morgan fingerprint density at radius 1 is 1.14 bits per heavy atom. The summed E-state index contributed by atoms with van der Waals surface area (Å²) in [6.45, 7) is -0.380. The minimum absolute atomic E-state index is 0.380. The number of aliphatic hydroxyl groups is 3. The molecular formula is C8H16O6. The van der Waals surface area contributed by atoms with Crippen molar-refractivity contribution in [1.82, 2.24) is 0 Å². The summed E-state index contributed by atoms with van der Waals surface area (Å²) in [6.07, 6.45) is -4.52. The lowest BCUT2D eigenvalue weighted by Crippen LogP contribution is -2.59. The molecular weight excluding hydrogens is 192 g/mol. The molecule has 0 unspecified atom stereocenters. The Morgan fingerprint density at radius 3 is 2.14 bits per heavy atom. The van der Waals surface area contributed by atoms with Crippen LogP contribution in [0.2, 0.25) is 0 Å². The third-order valence-electron chi connectivity index (χ3n) is 2.36. The van der Waals surface area contributed by atoms with Gasteiger partial charge in [0.15, 0.2) is 6.29 Å². The van der Waals surface area contributed by atoms with Gasteiger partial charge in [-0.3, -0.25) is 0 Å². The Labute approximate surface area is 82.0 Å². The predicted molar refractivity (Wildman–Crippen MR) is 45.6 cm³/mol. The van der Waals surface area contributed by atoms with Gasteiger partial charge in [0.2, 0.25) is 0 Å². The number of aliphatic hydroxyl groups excluding tert-OH is 3. The zero-order chi connectivity index (χ0) is 10.7. The van der Waals surface area contributed by atoms with Crippen molar-refractivity contribution < 1.29 is 29.5 Å². The number of rotatable bonds is 3. The lowest BCUT2D eigenvalue weighted by Gasteiger charge is -2.40. The molecule has 0 spiro atoms. The van der Waals surface area contributed by atoms with Gasteiger partial charge in [0, 0.05) is 14.2 Å². The number of hydrogen-bond acceptors (Lipinski definition) is 6. The number of ether oxygens (including phenoxy) is 3. The van der Waals surface area contributed by atoms with Gasteiger partial charge in [-0.15, -0.1) is 0 Å². The second-order valence-electron chi connectivity index (χ2n) is 3.14. The van der Waals surface area contributed by atoms with E-state index in [9.17, 15) is 10.2 Å². The molecule has 0 aromatic carbocycles. The van der Waals surface area contributed by atoms with E-state index >= 15 is 0 Å². The third kappa shape index (κ3) is 2.05. The zero-order valence-electron chi connectivity index (χ0n) is 8.16. The maximum atomic E-state index is 9.65. The molecule has 6 heteroatoms. The normalized spacial score (nSPS) is 43.9. The molecule has 0 saturated carbocycles. The summed E-state index contributed by atoms with van der Waals surface area (Å²) in [5, 5.41) is 27.9. The number of hydrogen-bond donors (Lipinski definition) is 3. The maximum absolute atomic E-state index is 9.65. The van der Waals surface area contributed by atoms with Gasteiger partial charge in [0.25, 0.3) is 0 Å². The summed E-state index contributed by atoms with van der Waals surface area (Å²) in [4.78, 5) is 0. The molecule has 1 aliphatic rings. The highest BCUT2D eigenvalue weighted by molar-refractivity contribution is 4.90. The van der Waals surface area contributed by atoms with Crippen molar-refractivity contribution in [1.29, 1.82) is 0 Å². The predicted octanol–water partition coefficient (Wildman–Crippen LogP) is -1.91. The number of methoxy groups -OCH3 is 2. The third-order valence-corrected chi connectivity index (χ3v) is 2.36. The maximum Gasteiger partial charge on any atom is 0.184 e. The second-order valence-corrected chi connectivity index (χ2v) is 3.14. The Kier molecular flexibility index (Phi) is 4.24. The van der Waals surface area contributed by atoms with Gasteiger partial charge in [-0.1, -0.05) is 0 Å². The molecule has 0 aromatic rings. The first-order valence-corrected chi connectivity index (χ1v) is 4.33. The van der Waals surface area contributed by atoms with E-state index in [2.05, 4.69) is 0 Å². The van der Waals surface area contributed by atoms with E-state index < -0.39 is 30.7 Å². The fraction of sp³-hybridized carbons (Fsp3) is 1.00. The van der Waals surface area contributed by atoms with Crippen molar-refractivity contribution >= 4 is 0 Å². The quantitative estimate of drug-likeness (QED) is 0.501. The molecule has 0 radical (unpaired) electrons. The van der Waals surface area contributed by atoms with E-state index in [-0.39, 0.29) is 6.61 Å². The Balaban J connectivity index is 2.73. The van der Waals surface area contributed by atoms with Crippen molar-refractivity contribution in [3.63, 3.8) is 0 Å². The van der Waals surface area contributed by atoms with Crippen molar-refractivity contribution in [3.05, 3.63) is 0 Å². The molecule has 0 aromatic heterocycles. The van der Waals surface area contributed by atoms with Gasteiger partial charge in [0.05, 0.1) is 6.61 Å². The highest BCUT2D eigenvalue weighted by Crippen LogP contribution is 2.23. The molecule has 0 bridgehead atoms. The minimum atomic E-state index is -1.20. The van der Waals surface area contributed by atoms with Crippen LogP contribution in [0.3, 0.4) is 0 Å². The van der Waals surface area contributed by atoms with E-state index in [0.29, 0.717) is 0 Å². The SMILES string of the molecule is CO[C@H]1[C@H](O)[C@@H](CO)O[C@@H](O)[C@H]1OC. The average Bonchev–Trinajstić information content (AvgIpc) is 2.20. The van der Waals surface area contributed by atoms with Crippen LogP contribution >= 0.6 is 0 Å². The van der Waals surface area contributed by atoms with Crippen LogP contribution in [-0.2, 0) is 14.2 Å². The summed E-state index contributed by atoms with van der Waals surface area (Å²) in [6, 6.07) is 0. The molecule has 0 aliphatic carbocycles. The van der Waals surface area contributed by atoms with Crippen molar-refractivity contribution in [2.45, 2.75) is 30.7 Å². The van der Waals surface area contributed by atoms with Gasteiger partial charge >= 0.3 is 0 Å². The van der Waals surface area contributed by atoms with Gasteiger partial charge in [-0.25, -0.2) is 0 Å². The summed E-state index contributed by atoms with van der Waals surface area (Å²) in [5.74, 6) is 0. The van der Waals surface area contributed by atoms with E-state index in [4.69, 9.17) is 19.3 Å². The van der Waals surface area contributed by atoms with Gasteiger partial charge < -0.3 is 29.5 Å². The van der Waals surface area contributed by atoms with Gasteiger partial charge in [0.1, 0.15) is 24.4 Å². The van der Waals surface area contributed by atoms with Gasteiger partial charge in [-0.2, -0.15) is 0 Å². The average molecular weight is 208 g/mol. The second kappa shape index (κ2) is 5.01. The lowest BCUT2D eigenvalue weighted by atomic mass is 9.99. The lowest BCUT2D eigenvalue weighted by molar-refractivity contribution is -0.295. The van der Waals surface area contributed by atoms with Crippen LogP contribution in [-0.4, -0.2) is 66.9 Å². The Hall–Kier alpha value is -0.240. The molecule has 1 heterocycles. The highest BCUT2D eigenvalue weighted by Gasteiger charge is 2.44. The Bertz CT molecular complexity index is 175. The summed E-state index contributed by atoms with van der Waals surface area (Å²) >= 11 is 0. The molecule has 1 saturated heterocycles. The molecule has 3 N–H and O–H groups in total. The smallest absolute Gasteiger partial charge is 0.184 e. The Morgan fingerprint density at radius 2 is 1.71 bits per heavy atom. The van der Waals surface area contributed by atoms with Crippen molar-refractivity contribution in [2.24, 2.45) is 0 Å². The fourth-order valence-corrected chi connectivity index (χ4v) is 1.58. The topological polar surface area (TPSA) is 88.4 Å². The summed E-state index contributed by atoms with van der Waals surface area (Å²) in [7, 11) is 2.78. The summed E-state index contributed by atoms with van der Waals surface area (Å²) < 4.78 is 14.8.